The highest BCUT2D eigenvalue weighted by Gasteiger charge is 2.33. The zero-order chi connectivity index (χ0) is 26.9. The van der Waals surface area contributed by atoms with E-state index in [1.807, 2.05) is 22.4 Å². The van der Waals surface area contributed by atoms with Crippen LogP contribution in [0.5, 0.6) is 5.75 Å². The number of nitrogens with zero attached hydrogens (tertiary/aromatic N) is 3. The molecule has 37 heavy (non-hydrogen) atoms. The fraction of sp³-hybridized carbons (Fsp3) is 0.519. The summed E-state index contributed by atoms with van der Waals surface area (Å²) in [6.45, 7) is 7.85. The van der Waals surface area contributed by atoms with Gasteiger partial charge in [-0.05, 0) is 63.2 Å². The number of nitrogens with one attached hydrogen (secondary N) is 2. The molecule has 0 radical (unpaired) electrons. The second kappa shape index (κ2) is 10.6. The Kier molecular flexibility index (Phi) is 7.68. The fourth-order valence-corrected chi connectivity index (χ4v) is 5.62. The van der Waals surface area contributed by atoms with E-state index in [1.165, 1.54) is 7.11 Å². The first kappa shape index (κ1) is 26.8. The molecule has 1 saturated heterocycles. The molecule has 0 saturated carbocycles. The van der Waals surface area contributed by atoms with Crippen LogP contribution in [0.4, 0.5) is 8.78 Å². The summed E-state index contributed by atoms with van der Waals surface area (Å²) in [5, 5.41) is 2.88. The van der Waals surface area contributed by atoms with Gasteiger partial charge in [0.25, 0.3) is 17.4 Å². The van der Waals surface area contributed by atoms with Crippen molar-refractivity contribution < 1.29 is 18.3 Å². The normalized spacial score (nSPS) is 16.2. The highest BCUT2D eigenvalue weighted by molar-refractivity contribution is 6.03. The Morgan fingerprint density at radius 2 is 2.03 bits per heavy atom. The molecule has 0 spiro atoms. The smallest absolute Gasteiger partial charge is 0.257 e. The minimum absolute atomic E-state index is 0.0140. The van der Waals surface area contributed by atoms with Crippen LogP contribution >= 0.6 is 0 Å². The molecule has 200 valence electrons. The lowest BCUT2D eigenvalue weighted by atomic mass is 9.82. The SMILES string of the molecule is COc1cc(C)[nH]c(=O)c1CNC(=O)c1c(C)c(C(C)C2CCN(CC(C)(F)F)CC2)n2ccncc12. The number of aryl methyl sites for hydroxylation is 1. The summed E-state index contributed by atoms with van der Waals surface area (Å²) < 4.78 is 34.3. The van der Waals surface area contributed by atoms with Gasteiger partial charge in [0, 0.05) is 30.7 Å². The van der Waals surface area contributed by atoms with Crippen molar-refractivity contribution in [3.63, 3.8) is 0 Å². The number of piperidine rings is 1. The first-order valence-corrected chi connectivity index (χ1v) is 12.6. The van der Waals surface area contributed by atoms with Crippen LogP contribution in [-0.2, 0) is 6.54 Å². The number of fused-ring (bicyclic) bond motifs is 1. The van der Waals surface area contributed by atoms with E-state index in [0.29, 0.717) is 47.1 Å². The molecule has 4 rings (SSSR count). The summed E-state index contributed by atoms with van der Waals surface area (Å²) in [6.07, 6.45) is 6.83. The van der Waals surface area contributed by atoms with Crippen molar-refractivity contribution in [3.8, 4) is 5.75 Å². The maximum absolute atomic E-state index is 13.5. The number of halogens is 2. The van der Waals surface area contributed by atoms with Crippen molar-refractivity contribution in [2.75, 3.05) is 26.7 Å². The zero-order valence-electron chi connectivity index (χ0n) is 22.0. The number of methoxy groups -OCH3 is 1. The highest BCUT2D eigenvalue weighted by Crippen LogP contribution is 2.37. The van der Waals surface area contributed by atoms with Crippen LogP contribution in [-0.4, -0.2) is 57.8 Å². The highest BCUT2D eigenvalue weighted by atomic mass is 19.3. The van der Waals surface area contributed by atoms with Gasteiger partial charge in [-0.3, -0.25) is 19.5 Å². The van der Waals surface area contributed by atoms with Crippen LogP contribution in [0.1, 0.15) is 65.5 Å². The van der Waals surface area contributed by atoms with E-state index in [0.717, 1.165) is 31.0 Å². The second-order valence-corrected chi connectivity index (χ2v) is 10.2. The molecule has 1 aliphatic heterocycles. The molecule has 0 aliphatic carbocycles. The molecular formula is C27H35F2N5O3. The number of H-pyrrole nitrogens is 1. The predicted octanol–water partition coefficient (Wildman–Crippen LogP) is 4.05. The Labute approximate surface area is 215 Å². The summed E-state index contributed by atoms with van der Waals surface area (Å²) in [6, 6.07) is 1.72. The lowest BCUT2D eigenvalue weighted by Crippen LogP contribution is -2.41. The number of likely N-dealkylation sites (tertiary alicyclic amines) is 1. The third-order valence-electron chi connectivity index (χ3n) is 7.41. The lowest BCUT2D eigenvalue weighted by Gasteiger charge is -2.36. The van der Waals surface area contributed by atoms with Crippen molar-refractivity contribution in [1.82, 2.24) is 24.6 Å². The Bertz CT molecular complexity index is 1340. The molecule has 10 heteroatoms. The van der Waals surface area contributed by atoms with E-state index in [9.17, 15) is 18.4 Å². The van der Waals surface area contributed by atoms with Crippen LogP contribution in [0.3, 0.4) is 0 Å². The largest absolute Gasteiger partial charge is 0.496 e. The van der Waals surface area contributed by atoms with Gasteiger partial charge in [0.05, 0.1) is 43.0 Å². The molecule has 0 aromatic carbocycles. The average molecular weight is 516 g/mol. The number of aromatic amines is 1. The van der Waals surface area contributed by atoms with Gasteiger partial charge in [-0.1, -0.05) is 6.92 Å². The quantitative estimate of drug-likeness (QED) is 0.472. The van der Waals surface area contributed by atoms with E-state index in [-0.39, 0.29) is 30.5 Å². The molecule has 1 unspecified atom stereocenters. The summed E-state index contributed by atoms with van der Waals surface area (Å²) >= 11 is 0. The maximum Gasteiger partial charge on any atom is 0.257 e. The van der Waals surface area contributed by atoms with Crippen LogP contribution in [0.25, 0.3) is 5.52 Å². The molecular weight excluding hydrogens is 480 g/mol. The number of carbonyl (C=O) groups excluding carboxylic acids is 1. The van der Waals surface area contributed by atoms with Gasteiger partial charge in [0.2, 0.25) is 0 Å². The summed E-state index contributed by atoms with van der Waals surface area (Å²) in [5.41, 5.74) is 3.79. The van der Waals surface area contributed by atoms with Gasteiger partial charge in [0.15, 0.2) is 0 Å². The molecule has 1 amide bonds. The van der Waals surface area contributed by atoms with Crippen LogP contribution in [0.15, 0.2) is 29.5 Å². The molecule has 8 nitrogen and oxygen atoms in total. The maximum atomic E-state index is 13.5. The Balaban J connectivity index is 1.58. The van der Waals surface area contributed by atoms with E-state index in [2.05, 4.69) is 22.2 Å². The first-order chi connectivity index (χ1) is 17.5. The number of hydrogen-bond donors (Lipinski definition) is 2. The van der Waals surface area contributed by atoms with Gasteiger partial charge in [-0.25, -0.2) is 8.78 Å². The average Bonchev–Trinajstić information content (AvgIpc) is 3.13. The predicted molar refractivity (Wildman–Crippen MR) is 138 cm³/mol. The van der Waals surface area contributed by atoms with Crippen molar-refractivity contribution in [3.05, 3.63) is 63.1 Å². The molecule has 3 aromatic rings. The number of ether oxygens (including phenoxy) is 1. The molecule has 0 bridgehead atoms. The van der Waals surface area contributed by atoms with Gasteiger partial charge in [-0.15, -0.1) is 0 Å². The molecule has 3 aromatic heterocycles. The van der Waals surface area contributed by atoms with Crippen molar-refractivity contribution in [1.29, 1.82) is 0 Å². The van der Waals surface area contributed by atoms with Crippen molar-refractivity contribution in [2.24, 2.45) is 5.92 Å². The number of alkyl halides is 2. The van der Waals surface area contributed by atoms with Gasteiger partial charge < -0.3 is 19.4 Å². The number of aromatic nitrogens is 3. The third-order valence-corrected chi connectivity index (χ3v) is 7.41. The lowest BCUT2D eigenvalue weighted by molar-refractivity contribution is -0.0231. The first-order valence-electron chi connectivity index (χ1n) is 12.6. The summed E-state index contributed by atoms with van der Waals surface area (Å²) in [7, 11) is 1.49. The third kappa shape index (κ3) is 5.69. The number of hydrogen-bond acceptors (Lipinski definition) is 5. The van der Waals surface area contributed by atoms with Gasteiger partial charge in [0.1, 0.15) is 5.75 Å². The van der Waals surface area contributed by atoms with E-state index in [4.69, 9.17) is 4.74 Å². The van der Waals surface area contributed by atoms with Crippen LogP contribution < -0.4 is 15.6 Å². The molecule has 4 heterocycles. The minimum atomic E-state index is -2.70. The fourth-order valence-electron chi connectivity index (χ4n) is 5.62. The molecule has 1 atom stereocenters. The zero-order valence-corrected chi connectivity index (χ0v) is 22.0. The molecule has 1 aliphatic rings. The van der Waals surface area contributed by atoms with Crippen molar-refractivity contribution in [2.45, 2.75) is 58.9 Å². The summed E-state index contributed by atoms with van der Waals surface area (Å²) in [4.78, 5) is 34.7. The van der Waals surface area contributed by atoms with E-state index < -0.39 is 5.92 Å². The molecule has 2 N–H and O–H groups in total. The Morgan fingerprint density at radius 3 is 2.68 bits per heavy atom. The minimum Gasteiger partial charge on any atom is -0.496 e. The van der Waals surface area contributed by atoms with Crippen LogP contribution in [0.2, 0.25) is 0 Å². The van der Waals surface area contributed by atoms with Gasteiger partial charge in [-0.2, -0.15) is 0 Å². The van der Waals surface area contributed by atoms with E-state index in [1.54, 1.807) is 25.4 Å². The van der Waals surface area contributed by atoms with Crippen LogP contribution in [0, 0.1) is 19.8 Å². The number of amides is 1. The monoisotopic (exact) mass is 515 g/mol. The second-order valence-electron chi connectivity index (χ2n) is 10.2. The topological polar surface area (TPSA) is 91.7 Å². The number of pyridine rings is 1. The standard InChI is InChI=1S/C27H35F2N5O3/c1-16-12-22(37-5)20(25(35)32-16)13-31-26(36)23-18(3)24(34-11-8-30-14-21(23)34)17(2)19-6-9-33(10-7-19)15-27(4,28)29/h8,11-12,14,17,19H,6-7,9-10,13,15H2,1-5H3,(H,31,36)(H,32,35). The van der Waals surface area contributed by atoms with Gasteiger partial charge >= 0.3 is 0 Å². The Hall–Kier alpha value is -3.27. The Morgan fingerprint density at radius 1 is 1.32 bits per heavy atom. The molecule has 1 fully saturated rings. The summed E-state index contributed by atoms with van der Waals surface area (Å²) in [5.74, 6) is -2.17. The van der Waals surface area contributed by atoms with Crippen molar-refractivity contribution >= 4 is 11.4 Å². The van der Waals surface area contributed by atoms with E-state index >= 15 is 0 Å². The number of carbonyl (C=O) groups is 1. The number of rotatable bonds is 8.